The highest BCUT2D eigenvalue weighted by Gasteiger charge is 2.47. The lowest BCUT2D eigenvalue weighted by Gasteiger charge is -2.40. The van der Waals surface area contributed by atoms with Crippen LogP contribution >= 0.6 is 0 Å². The van der Waals surface area contributed by atoms with Gasteiger partial charge in [0.25, 0.3) is 11.9 Å². The molecule has 162 valence electrons. The number of pyridine rings is 1. The van der Waals surface area contributed by atoms with E-state index >= 15 is 0 Å². The molecule has 0 saturated carbocycles. The third-order valence-corrected chi connectivity index (χ3v) is 5.45. The van der Waals surface area contributed by atoms with Crippen molar-refractivity contribution < 1.29 is 22.7 Å². The molecule has 2 aromatic rings. The number of halogens is 3. The van der Waals surface area contributed by atoms with Crippen LogP contribution in [0.4, 0.5) is 18.9 Å². The summed E-state index contributed by atoms with van der Waals surface area (Å²) in [5, 5.41) is 11.4. The van der Waals surface area contributed by atoms with Gasteiger partial charge in [0.2, 0.25) is 0 Å². The summed E-state index contributed by atoms with van der Waals surface area (Å²) in [6.45, 7) is 3.63. The minimum absolute atomic E-state index is 0.000750. The number of amides is 1. The summed E-state index contributed by atoms with van der Waals surface area (Å²) in [5.74, 6) is -3.97. The van der Waals surface area contributed by atoms with Crippen LogP contribution in [0.15, 0.2) is 29.4 Å². The van der Waals surface area contributed by atoms with Crippen molar-refractivity contribution in [2.45, 2.75) is 32.4 Å². The SMILES string of the molecule is Cc1cc(C#N)cnc1C(=O)Nc1cc(F)c(F)c([C@]2(CF)N=C(N)OC(C)[C@H]2C)c1. The molecule has 10 heteroatoms. The van der Waals surface area contributed by atoms with E-state index in [1.54, 1.807) is 20.8 Å². The molecule has 31 heavy (non-hydrogen) atoms. The van der Waals surface area contributed by atoms with E-state index in [9.17, 15) is 18.0 Å². The second-order valence-electron chi connectivity index (χ2n) is 7.39. The van der Waals surface area contributed by atoms with E-state index < -0.39 is 41.8 Å². The molecule has 2 heterocycles. The molecule has 3 rings (SSSR count). The number of hydrogen-bond acceptors (Lipinski definition) is 6. The zero-order valence-electron chi connectivity index (χ0n) is 17.0. The number of anilines is 1. The number of aromatic nitrogens is 1. The topological polar surface area (TPSA) is 113 Å². The van der Waals surface area contributed by atoms with Crippen LogP contribution in [0.5, 0.6) is 0 Å². The molecule has 1 aliphatic rings. The number of nitrogens with two attached hydrogens (primary N) is 1. The highest BCUT2D eigenvalue weighted by molar-refractivity contribution is 6.03. The maximum atomic E-state index is 14.8. The van der Waals surface area contributed by atoms with Gasteiger partial charge in [-0.1, -0.05) is 6.92 Å². The van der Waals surface area contributed by atoms with Crippen molar-refractivity contribution in [2.24, 2.45) is 16.6 Å². The van der Waals surface area contributed by atoms with Gasteiger partial charge >= 0.3 is 0 Å². The number of benzene rings is 1. The first kappa shape index (κ1) is 22.1. The van der Waals surface area contributed by atoms with Crippen LogP contribution in [0.25, 0.3) is 0 Å². The normalized spacial score (nSPS) is 22.8. The van der Waals surface area contributed by atoms with Gasteiger partial charge in [-0.15, -0.1) is 0 Å². The summed E-state index contributed by atoms with van der Waals surface area (Å²) >= 11 is 0. The summed E-state index contributed by atoms with van der Waals surface area (Å²) in [7, 11) is 0. The van der Waals surface area contributed by atoms with E-state index in [0.29, 0.717) is 5.56 Å². The predicted molar refractivity (Wildman–Crippen MR) is 107 cm³/mol. The van der Waals surface area contributed by atoms with Crippen molar-refractivity contribution in [1.82, 2.24) is 4.98 Å². The number of hydrogen-bond donors (Lipinski definition) is 2. The molecule has 0 radical (unpaired) electrons. The Bertz CT molecular complexity index is 1110. The number of rotatable bonds is 4. The number of nitrogens with one attached hydrogen (secondary N) is 1. The van der Waals surface area contributed by atoms with Crippen LogP contribution < -0.4 is 11.1 Å². The molecule has 3 atom stereocenters. The smallest absolute Gasteiger partial charge is 0.283 e. The van der Waals surface area contributed by atoms with Gasteiger partial charge in [0.05, 0.1) is 5.56 Å². The number of aliphatic imine (C=N–C) groups is 1. The number of carbonyl (C=O) groups excluding carboxylic acids is 1. The first-order valence-corrected chi connectivity index (χ1v) is 9.38. The molecular weight excluding hydrogens is 411 g/mol. The molecule has 1 aromatic heterocycles. The Balaban J connectivity index is 2.05. The Kier molecular flexibility index (Phi) is 5.88. The van der Waals surface area contributed by atoms with Gasteiger partial charge in [-0.2, -0.15) is 5.26 Å². The van der Waals surface area contributed by atoms with Gasteiger partial charge in [-0.3, -0.25) is 4.79 Å². The maximum absolute atomic E-state index is 14.8. The van der Waals surface area contributed by atoms with Crippen LogP contribution in [-0.4, -0.2) is 29.7 Å². The largest absolute Gasteiger partial charge is 0.462 e. The lowest BCUT2D eigenvalue weighted by Crippen LogP contribution is -2.48. The monoisotopic (exact) mass is 431 g/mol. The number of nitrogens with zero attached hydrogens (tertiary/aromatic N) is 3. The van der Waals surface area contributed by atoms with Crippen molar-refractivity contribution in [2.75, 3.05) is 12.0 Å². The summed E-state index contributed by atoms with van der Waals surface area (Å²) in [4.78, 5) is 20.5. The van der Waals surface area contributed by atoms with Gasteiger partial charge in [0, 0.05) is 29.4 Å². The van der Waals surface area contributed by atoms with E-state index in [-0.39, 0.29) is 28.5 Å². The minimum atomic E-state index is -1.82. The molecule has 0 saturated heterocycles. The molecule has 1 unspecified atom stereocenters. The number of aryl methyl sites for hydroxylation is 1. The number of alkyl halides is 1. The van der Waals surface area contributed by atoms with E-state index in [0.717, 1.165) is 12.1 Å². The van der Waals surface area contributed by atoms with Crippen molar-refractivity contribution in [3.63, 3.8) is 0 Å². The third kappa shape index (κ3) is 3.91. The van der Waals surface area contributed by atoms with Gasteiger partial charge in [0.1, 0.15) is 30.1 Å². The van der Waals surface area contributed by atoms with Crippen LogP contribution in [0.2, 0.25) is 0 Å². The van der Waals surface area contributed by atoms with Gasteiger partial charge in [-0.25, -0.2) is 23.1 Å². The number of carbonyl (C=O) groups is 1. The average molecular weight is 431 g/mol. The van der Waals surface area contributed by atoms with E-state index in [1.165, 1.54) is 12.3 Å². The van der Waals surface area contributed by atoms with Crippen LogP contribution in [0.1, 0.15) is 41.0 Å². The first-order chi connectivity index (χ1) is 14.6. The molecule has 0 fully saturated rings. The van der Waals surface area contributed by atoms with Gasteiger partial charge in [-0.05, 0) is 31.5 Å². The molecule has 0 aliphatic carbocycles. The van der Waals surface area contributed by atoms with Crippen molar-refractivity contribution >= 4 is 17.6 Å². The summed E-state index contributed by atoms with van der Waals surface area (Å²) < 4.78 is 48.8. The third-order valence-electron chi connectivity index (χ3n) is 5.45. The second kappa shape index (κ2) is 8.26. The summed E-state index contributed by atoms with van der Waals surface area (Å²) in [6.07, 6.45) is 0.610. The van der Waals surface area contributed by atoms with Gasteiger partial charge < -0.3 is 15.8 Å². The summed E-state index contributed by atoms with van der Waals surface area (Å²) in [6, 6.07) is 4.95. The maximum Gasteiger partial charge on any atom is 0.283 e. The quantitative estimate of drug-likeness (QED) is 0.771. The summed E-state index contributed by atoms with van der Waals surface area (Å²) in [5.41, 5.74) is 4.01. The zero-order valence-corrected chi connectivity index (χ0v) is 17.0. The molecule has 1 aromatic carbocycles. The van der Waals surface area contributed by atoms with Crippen molar-refractivity contribution in [1.29, 1.82) is 5.26 Å². The average Bonchev–Trinajstić information content (AvgIpc) is 2.73. The Morgan fingerprint density at radius 2 is 2.06 bits per heavy atom. The molecule has 1 amide bonds. The lowest BCUT2D eigenvalue weighted by molar-refractivity contribution is 0.0491. The molecule has 0 spiro atoms. The Morgan fingerprint density at radius 3 is 2.68 bits per heavy atom. The zero-order chi connectivity index (χ0) is 22.9. The fourth-order valence-electron chi connectivity index (χ4n) is 3.57. The first-order valence-electron chi connectivity index (χ1n) is 9.38. The van der Waals surface area contributed by atoms with Crippen LogP contribution in [0, 0.1) is 35.8 Å². The second-order valence-corrected chi connectivity index (χ2v) is 7.39. The standard InChI is InChI=1S/C21H20F3N5O2/c1-10-4-13(7-25)8-27-18(10)19(30)28-14-5-15(17(24)16(23)6-14)21(9-22)11(2)12(3)31-20(26)29-21/h4-6,8,11-12H,9H2,1-3H3,(H2,26,29)(H,28,30)/t11-,12?,21-/m1/s1. The fraction of sp³-hybridized carbons (Fsp3) is 0.333. The van der Waals surface area contributed by atoms with E-state index in [2.05, 4.69) is 15.3 Å². The Hall–Kier alpha value is -3.61. The highest BCUT2D eigenvalue weighted by Crippen LogP contribution is 2.42. The Labute approximate surface area is 176 Å². The molecule has 0 bridgehead atoms. The van der Waals surface area contributed by atoms with Crippen molar-refractivity contribution in [3.05, 3.63) is 58.4 Å². The fourth-order valence-corrected chi connectivity index (χ4v) is 3.57. The van der Waals surface area contributed by atoms with Gasteiger partial charge in [0.15, 0.2) is 11.6 Å². The van der Waals surface area contributed by atoms with E-state index in [1.807, 2.05) is 6.07 Å². The van der Waals surface area contributed by atoms with Crippen molar-refractivity contribution in [3.8, 4) is 6.07 Å². The number of ether oxygens (including phenoxy) is 1. The van der Waals surface area contributed by atoms with E-state index in [4.69, 9.17) is 15.7 Å². The Morgan fingerprint density at radius 1 is 1.35 bits per heavy atom. The predicted octanol–water partition coefficient (Wildman–Crippen LogP) is 3.33. The lowest BCUT2D eigenvalue weighted by atomic mass is 9.76. The number of amidine groups is 1. The molecule has 7 nitrogen and oxygen atoms in total. The molecule has 3 N–H and O–H groups in total. The van der Waals surface area contributed by atoms with Crippen LogP contribution in [0.3, 0.4) is 0 Å². The van der Waals surface area contributed by atoms with Crippen LogP contribution in [-0.2, 0) is 10.3 Å². The minimum Gasteiger partial charge on any atom is -0.462 e. The number of nitriles is 1. The molecular formula is C21H20F3N5O2. The molecule has 1 aliphatic heterocycles. The highest BCUT2D eigenvalue weighted by atomic mass is 19.2.